The third-order valence-corrected chi connectivity index (χ3v) is 4.70. The van der Waals surface area contributed by atoms with Crippen LogP contribution in [0, 0.1) is 0 Å². The summed E-state index contributed by atoms with van der Waals surface area (Å²) in [5, 5.41) is 12.1. The van der Waals surface area contributed by atoms with Gasteiger partial charge in [0.2, 0.25) is 0 Å². The van der Waals surface area contributed by atoms with Crippen LogP contribution in [0.1, 0.15) is 36.4 Å². The van der Waals surface area contributed by atoms with Crippen molar-refractivity contribution >= 4 is 29.2 Å². The van der Waals surface area contributed by atoms with Gasteiger partial charge in [0.25, 0.3) is 0 Å². The van der Waals surface area contributed by atoms with Crippen LogP contribution in [0.5, 0.6) is 0 Å². The third kappa shape index (κ3) is 5.13. The molecule has 0 fully saturated rings. The molecular weight excluding hydrogens is 359 g/mol. The fourth-order valence-electron chi connectivity index (χ4n) is 2.61. The van der Waals surface area contributed by atoms with E-state index in [1.165, 1.54) is 0 Å². The van der Waals surface area contributed by atoms with Gasteiger partial charge in [-0.15, -0.1) is 0 Å². The maximum Gasteiger partial charge on any atom is 0.191 e. The van der Waals surface area contributed by atoms with E-state index in [1.807, 2.05) is 18.2 Å². The Morgan fingerprint density at radius 3 is 2.44 bits per heavy atom. The number of hydrogen-bond donors (Lipinski definition) is 2. The fraction of sp³-hybridized carbons (Fsp3) is 0.444. The summed E-state index contributed by atoms with van der Waals surface area (Å²) in [5.41, 5.74) is 3.04. The summed E-state index contributed by atoms with van der Waals surface area (Å²) in [6.07, 6.45) is 2.38. The summed E-state index contributed by atoms with van der Waals surface area (Å²) in [6, 6.07) is 5.54. The minimum Gasteiger partial charge on any atom is -0.361 e. The van der Waals surface area contributed by atoms with E-state index >= 15 is 0 Å². The van der Waals surface area contributed by atoms with E-state index in [0.29, 0.717) is 35.5 Å². The van der Waals surface area contributed by atoms with Gasteiger partial charge in [0, 0.05) is 42.2 Å². The maximum atomic E-state index is 6.20. The summed E-state index contributed by atoms with van der Waals surface area (Å²) in [4.78, 5) is 4.25. The number of hydrogen-bond acceptors (Lipinski definition) is 3. The summed E-state index contributed by atoms with van der Waals surface area (Å²) >= 11 is 12.4. The van der Waals surface area contributed by atoms with E-state index in [-0.39, 0.29) is 0 Å². The van der Waals surface area contributed by atoms with Crippen molar-refractivity contribution in [3.63, 3.8) is 0 Å². The molecule has 0 unspecified atom stereocenters. The Bertz CT molecular complexity index is 686. The lowest BCUT2D eigenvalue weighted by atomic mass is 10.1. The molecule has 1 aromatic carbocycles. The Labute approximate surface area is 158 Å². The van der Waals surface area contributed by atoms with Crippen LogP contribution in [0.4, 0.5) is 0 Å². The zero-order chi connectivity index (χ0) is 18.2. The summed E-state index contributed by atoms with van der Waals surface area (Å²) in [6.45, 7) is 5.43. The molecular formula is C18H24Cl2N4O. The van der Waals surface area contributed by atoms with Gasteiger partial charge in [-0.05, 0) is 30.5 Å². The molecule has 0 aliphatic heterocycles. The Morgan fingerprint density at radius 2 is 1.84 bits per heavy atom. The lowest BCUT2D eigenvalue weighted by molar-refractivity contribution is 0.380. The van der Waals surface area contributed by atoms with Gasteiger partial charge in [-0.3, -0.25) is 4.99 Å². The Kier molecular flexibility index (Phi) is 7.59. The van der Waals surface area contributed by atoms with Crippen LogP contribution in [0.3, 0.4) is 0 Å². The highest BCUT2D eigenvalue weighted by Gasteiger charge is 2.13. The highest BCUT2D eigenvalue weighted by atomic mass is 35.5. The van der Waals surface area contributed by atoms with Crippen LogP contribution in [0.2, 0.25) is 10.0 Å². The Hall–Kier alpha value is -1.72. The lowest BCUT2D eigenvalue weighted by Gasteiger charge is -2.13. The quantitative estimate of drug-likeness (QED) is 0.560. The lowest BCUT2D eigenvalue weighted by Crippen LogP contribution is -2.38. The molecule has 25 heavy (non-hydrogen) atoms. The van der Waals surface area contributed by atoms with Gasteiger partial charge in [-0.2, -0.15) is 0 Å². The van der Waals surface area contributed by atoms with E-state index in [9.17, 15) is 0 Å². The predicted octanol–water partition coefficient (Wildman–Crippen LogP) is 4.01. The highest BCUT2D eigenvalue weighted by Crippen LogP contribution is 2.24. The first-order chi connectivity index (χ1) is 12.1. The second kappa shape index (κ2) is 9.68. The minimum absolute atomic E-state index is 0.627. The molecule has 0 bridgehead atoms. The second-order valence-corrected chi connectivity index (χ2v) is 6.36. The molecule has 0 saturated heterocycles. The molecule has 2 N–H and O–H groups in total. The number of nitrogens with one attached hydrogen (secondary N) is 2. The molecule has 5 nitrogen and oxygen atoms in total. The first-order valence-electron chi connectivity index (χ1n) is 8.44. The normalized spacial score (nSPS) is 11.6. The largest absolute Gasteiger partial charge is 0.361 e. The van der Waals surface area contributed by atoms with Gasteiger partial charge >= 0.3 is 0 Å². The van der Waals surface area contributed by atoms with Gasteiger partial charge in [-0.25, -0.2) is 0 Å². The number of aromatic nitrogens is 1. The van der Waals surface area contributed by atoms with Crippen LogP contribution in [0.25, 0.3) is 0 Å². The van der Waals surface area contributed by atoms with Gasteiger partial charge in [0.15, 0.2) is 5.96 Å². The number of nitrogens with zero attached hydrogens (tertiary/aromatic N) is 2. The van der Waals surface area contributed by atoms with Crippen LogP contribution in [-0.4, -0.2) is 24.7 Å². The van der Waals surface area contributed by atoms with Gasteiger partial charge < -0.3 is 15.2 Å². The molecule has 2 aromatic rings. The average Bonchev–Trinajstić information content (AvgIpc) is 3.02. The van der Waals surface area contributed by atoms with Crippen molar-refractivity contribution in [1.29, 1.82) is 0 Å². The molecule has 0 aliphatic carbocycles. The second-order valence-electron chi connectivity index (χ2n) is 5.54. The molecule has 0 radical (unpaired) electrons. The van der Waals surface area contributed by atoms with Gasteiger partial charge in [0.1, 0.15) is 5.76 Å². The number of guanidine groups is 1. The molecule has 2 rings (SSSR count). The summed E-state index contributed by atoms with van der Waals surface area (Å²) in [7, 11) is 1.74. The summed E-state index contributed by atoms with van der Waals surface area (Å²) in [5.74, 6) is 1.64. The summed E-state index contributed by atoms with van der Waals surface area (Å²) < 4.78 is 5.39. The predicted molar refractivity (Wildman–Crippen MR) is 104 cm³/mol. The topological polar surface area (TPSA) is 62.5 Å². The first-order valence-corrected chi connectivity index (χ1v) is 9.19. The van der Waals surface area contributed by atoms with Crippen LogP contribution >= 0.6 is 23.2 Å². The van der Waals surface area contributed by atoms with E-state index < -0.39 is 0 Å². The van der Waals surface area contributed by atoms with E-state index in [4.69, 9.17) is 27.7 Å². The third-order valence-electron chi connectivity index (χ3n) is 3.99. The molecule has 1 heterocycles. The maximum absolute atomic E-state index is 6.20. The number of rotatable bonds is 7. The van der Waals surface area contributed by atoms with Crippen molar-refractivity contribution in [2.24, 2.45) is 4.99 Å². The number of benzene rings is 1. The molecule has 1 aromatic heterocycles. The van der Waals surface area contributed by atoms with Gasteiger partial charge in [-0.1, -0.05) is 48.3 Å². The monoisotopic (exact) mass is 382 g/mol. The molecule has 136 valence electrons. The van der Waals surface area contributed by atoms with E-state index in [0.717, 1.165) is 35.4 Å². The average molecular weight is 383 g/mol. The Balaban J connectivity index is 1.90. The number of halogens is 2. The smallest absolute Gasteiger partial charge is 0.191 e. The van der Waals surface area contributed by atoms with Crippen molar-refractivity contribution < 1.29 is 4.52 Å². The minimum atomic E-state index is 0.627. The fourth-order valence-corrected chi connectivity index (χ4v) is 3.19. The molecule has 0 amide bonds. The van der Waals surface area contributed by atoms with E-state index in [2.05, 4.69) is 34.6 Å². The van der Waals surface area contributed by atoms with Crippen LogP contribution in [-0.2, 0) is 25.8 Å². The Morgan fingerprint density at radius 1 is 1.12 bits per heavy atom. The highest BCUT2D eigenvalue weighted by molar-refractivity contribution is 6.35. The molecule has 0 aliphatic rings. The standard InChI is InChI=1S/C18H24Cl2N4O/c1-4-16-13(17(5-2)25-24-16)11-23-18(21-3)22-10-9-12-14(19)7-6-8-15(12)20/h6-8H,4-5,9-11H2,1-3H3,(H2,21,22,23). The van der Waals surface area contributed by atoms with Crippen LogP contribution < -0.4 is 10.6 Å². The molecule has 0 atom stereocenters. The van der Waals surface area contributed by atoms with E-state index in [1.54, 1.807) is 7.05 Å². The van der Waals surface area contributed by atoms with Crippen molar-refractivity contribution in [2.45, 2.75) is 39.7 Å². The van der Waals surface area contributed by atoms with Crippen molar-refractivity contribution in [3.05, 3.63) is 50.8 Å². The zero-order valence-corrected chi connectivity index (χ0v) is 16.3. The van der Waals surface area contributed by atoms with Crippen LogP contribution in [0.15, 0.2) is 27.7 Å². The number of aliphatic imine (C=N–C) groups is 1. The molecule has 7 heteroatoms. The molecule has 0 spiro atoms. The number of aryl methyl sites for hydroxylation is 2. The zero-order valence-electron chi connectivity index (χ0n) is 14.8. The van der Waals surface area contributed by atoms with Crippen molar-refractivity contribution in [2.75, 3.05) is 13.6 Å². The van der Waals surface area contributed by atoms with Gasteiger partial charge in [0.05, 0.1) is 5.69 Å². The van der Waals surface area contributed by atoms with Crippen molar-refractivity contribution in [3.8, 4) is 0 Å². The molecule has 0 saturated carbocycles. The SMILES string of the molecule is CCc1noc(CC)c1CNC(=NC)NCCc1c(Cl)cccc1Cl. The first kappa shape index (κ1) is 19.6. The van der Waals surface area contributed by atoms with Crippen molar-refractivity contribution in [1.82, 2.24) is 15.8 Å².